The van der Waals surface area contributed by atoms with Crippen molar-refractivity contribution in [1.29, 1.82) is 0 Å². The van der Waals surface area contributed by atoms with Crippen LogP contribution in [0.3, 0.4) is 0 Å². The molecule has 0 aliphatic rings. The monoisotopic (exact) mass is 409 g/mol. The Morgan fingerprint density at radius 3 is 2.70 bits per heavy atom. The summed E-state index contributed by atoms with van der Waals surface area (Å²) in [6.45, 7) is 7.71. The van der Waals surface area contributed by atoms with Gasteiger partial charge in [-0.1, -0.05) is 36.7 Å². The van der Waals surface area contributed by atoms with E-state index in [2.05, 4.69) is 16.9 Å². The third-order valence-electron chi connectivity index (χ3n) is 4.03. The van der Waals surface area contributed by atoms with Gasteiger partial charge in [0.15, 0.2) is 12.4 Å². The number of imidazole rings is 1. The highest BCUT2D eigenvalue weighted by Crippen LogP contribution is 2.35. The zero-order valence-electron chi connectivity index (χ0n) is 15.2. The topological polar surface area (TPSA) is 73.2 Å². The van der Waals surface area contributed by atoms with Crippen molar-refractivity contribution in [3.63, 3.8) is 0 Å². The SMILES string of the molecule is C=C(CC)C(=O)c1ccc(OCC(=O)NCC(C)n2ccnc2)c(Cl)c1Cl. The van der Waals surface area contributed by atoms with Gasteiger partial charge in [-0.25, -0.2) is 4.98 Å². The number of nitrogens with zero attached hydrogens (tertiary/aromatic N) is 2. The molecule has 1 amide bonds. The van der Waals surface area contributed by atoms with Crippen LogP contribution in [0.15, 0.2) is 43.0 Å². The largest absolute Gasteiger partial charge is 0.482 e. The molecule has 0 radical (unpaired) electrons. The number of Topliss-reactive ketones (excluding diaryl/α,β-unsaturated/α-hetero) is 1. The molecule has 0 aliphatic carbocycles. The van der Waals surface area contributed by atoms with Crippen molar-refractivity contribution in [1.82, 2.24) is 14.9 Å². The number of rotatable bonds is 9. The molecule has 0 aliphatic heterocycles. The zero-order chi connectivity index (χ0) is 20.0. The van der Waals surface area contributed by atoms with E-state index in [1.807, 2.05) is 24.6 Å². The van der Waals surface area contributed by atoms with E-state index in [4.69, 9.17) is 27.9 Å². The zero-order valence-corrected chi connectivity index (χ0v) is 16.7. The number of nitrogens with one attached hydrogen (secondary N) is 1. The van der Waals surface area contributed by atoms with Crippen LogP contribution >= 0.6 is 23.2 Å². The van der Waals surface area contributed by atoms with Gasteiger partial charge in [0.05, 0.1) is 11.3 Å². The summed E-state index contributed by atoms with van der Waals surface area (Å²) < 4.78 is 7.33. The van der Waals surface area contributed by atoms with Crippen LogP contribution in [0.5, 0.6) is 5.75 Å². The van der Waals surface area contributed by atoms with E-state index in [-0.39, 0.29) is 45.7 Å². The lowest BCUT2D eigenvalue weighted by molar-refractivity contribution is -0.123. The van der Waals surface area contributed by atoms with E-state index in [0.717, 1.165) is 0 Å². The van der Waals surface area contributed by atoms with Crippen molar-refractivity contribution < 1.29 is 14.3 Å². The van der Waals surface area contributed by atoms with E-state index < -0.39 is 0 Å². The molecule has 1 aromatic carbocycles. The van der Waals surface area contributed by atoms with E-state index in [9.17, 15) is 9.59 Å². The van der Waals surface area contributed by atoms with Gasteiger partial charge in [-0.05, 0) is 31.1 Å². The second kappa shape index (κ2) is 9.58. The van der Waals surface area contributed by atoms with Crippen molar-refractivity contribution in [2.45, 2.75) is 26.3 Å². The quantitative estimate of drug-likeness (QED) is 0.499. The van der Waals surface area contributed by atoms with Crippen molar-refractivity contribution in [2.75, 3.05) is 13.2 Å². The van der Waals surface area contributed by atoms with Gasteiger partial charge in [-0.2, -0.15) is 0 Å². The summed E-state index contributed by atoms with van der Waals surface area (Å²) in [5, 5.41) is 2.95. The predicted octanol–water partition coefficient (Wildman–Crippen LogP) is 4.10. The first kappa shape index (κ1) is 21.0. The van der Waals surface area contributed by atoms with Crippen LogP contribution in [0, 0.1) is 0 Å². The Balaban J connectivity index is 1.93. The summed E-state index contributed by atoms with van der Waals surface area (Å²) in [7, 11) is 0. The number of carbonyl (C=O) groups excluding carboxylic acids is 2. The van der Waals surface area contributed by atoms with E-state index in [1.165, 1.54) is 12.1 Å². The lowest BCUT2D eigenvalue weighted by Gasteiger charge is -2.15. The average Bonchev–Trinajstić information content (AvgIpc) is 3.21. The number of benzene rings is 1. The van der Waals surface area contributed by atoms with Crippen molar-refractivity contribution in [3.05, 3.63) is 58.6 Å². The first-order chi connectivity index (χ1) is 12.8. The maximum atomic E-state index is 12.2. The molecule has 0 spiro atoms. The lowest BCUT2D eigenvalue weighted by atomic mass is 10.0. The first-order valence-electron chi connectivity index (χ1n) is 8.42. The molecular weight excluding hydrogens is 389 g/mol. The van der Waals surface area contributed by atoms with Gasteiger partial charge in [0.1, 0.15) is 10.8 Å². The van der Waals surface area contributed by atoms with E-state index >= 15 is 0 Å². The maximum absolute atomic E-state index is 12.2. The summed E-state index contributed by atoms with van der Waals surface area (Å²) in [6, 6.07) is 3.10. The van der Waals surface area contributed by atoms with E-state index in [0.29, 0.717) is 18.5 Å². The number of halogens is 2. The highest BCUT2D eigenvalue weighted by atomic mass is 35.5. The Kier molecular flexibility index (Phi) is 7.45. The van der Waals surface area contributed by atoms with Crippen LogP contribution in [0.1, 0.15) is 36.7 Å². The standard InChI is InChI=1S/C19H21Cl2N3O3/c1-4-12(2)19(26)14-5-6-15(18(21)17(14)20)27-10-16(25)23-9-13(3)24-8-7-22-11-24/h5-8,11,13H,2,4,9-10H2,1,3H3,(H,23,25). The van der Waals surface area contributed by atoms with Crippen molar-refractivity contribution in [2.24, 2.45) is 0 Å². The maximum Gasteiger partial charge on any atom is 0.258 e. The van der Waals surface area contributed by atoms with Crippen LogP contribution in [-0.2, 0) is 4.79 Å². The smallest absolute Gasteiger partial charge is 0.258 e. The Morgan fingerprint density at radius 1 is 1.33 bits per heavy atom. The third-order valence-corrected chi connectivity index (χ3v) is 4.89. The van der Waals surface area contributed by atoms with Crippen molar-refractivity contribution in [3.8, 4) is 5.75 Å². The molecule has 1 unspecified atom stereocenters. The Bertz CT molecular complexity index is 835. The Hall–Kier alpha value is -2.31. The number of ketones is 1. The number of carbonyl (C=O) groups is 2. The molecular formula is C19H21Cl2N3O3. The van der Waals surface area contributed by atoms with Crippen molar-refractivity contribution >= 4 is 34.9 Å². The molecule has 1 N–H and O–H groups in total. The lowest BCUT2D eigenvalue weighted by Crippen LogP contribution is -2.33. The minimum absolute atomic E-state index is 0.0615. The molecule has 2 rings (SSSR count). The minimum atomic E-state index is -0.298. The van der Waals surface area contributed by atoms with Gasteiger partial charge in [0.25, 0.3) is 5.91 Å². The third kappa shape index (κ3) is 5.34. The fraction of sp³-hybridized carbons (Fsp3) is 0.316. The van der Waals surface area contributed by atoms with Crippen LogP contribution in [-0.4, -0.2) is 34.4 Å². The molecule has 1 atom stereocenters. The first-order valence-corrected chi connectivity index (χ1v) is 9.18. The molecule has 1 heterocycles. The van der Waals surface area contributed by atoms with Gasteiger partial charge in [0.2, 0.25) is 0 Å². The van der Waals surface area contributed by atoms with Crippen LogP contribution in [0.2, 0.25) is 10.0 Å². The Morgan fingerprint density at radius 2 is 2.07 bits per heavy atom. The number of hydrogen-bond acceptors (Lipinski definition) is 4. The number of amides is 1. The molecule has 6 nitrogen and oxygen atoms in total. The molecule has 8 heteroatoms. The predicted molar refractivity (Wildman–Crippen MR) is 106 cm³/mol. The van der Waals surface area contributed by atoms with Gasteiger partial charge >= 0.3 is 0 Å². The summed E-state index contributed by atoms with van der Waals surface area (Å²) in [5.74, 6) is -0.325. The number of ether oxygens (including phenoxy) is 1. The van der Waals surface area contributed by atoms with Gasteiger partial charge in [0, 0.05) is 30.5 Å². The summed E-state index contributed by atoms with van der Waals surface area (Å²) in [6.07, 6.45) is 5.70. The van der Waals surface area contributed by atoms with Gasteiger partial charge in [-0.3, -0.25) is 9.59 Å². The molecule has 0 fully saturated rings. The van der Waals surface area contributed by atoms with Crippen LogP contribution < -0.4 is 10.1 Å². The van der Waals surface area contributed by atoms with Crippen LogP contribution in [0.25, 0.3) is 0 Å². The summed E-state index contributed by atoms with van der Waals surface area (Å²) >= 11 is 12.4. The second-order valence-electron chi connectivity index (χ2n) is 5.98. The van der Waals surface area contributed by atoms with Gasteiger partial charge < -0.3 is 14.6 Å². The highest BCUT2D eigenvalue weighted by Gasteiger charge is 2.18. The summed E-state index contributed by atoms with van der Waals surface area (Å²) in [5.41, 5.74) is 0.701. The normalized spacial score (nSPS) is 11.7. The van der Waals surface area contributed by atoms with E-state index in [1.54, 1.807) is 12.5 Å². The fourth-order valence-corrected chi connectivity index (χ4v) is 2.72. The molecule has 1 aromatic heterocycles. The second-order valence-corrected chi connectivity index (χ2v) is 6.73. The molecule has 2 aromatic rings. The average molecular weight is 410 g/mol. The number of aromatic nitrogens is 2. The fourth-order valence-electron chi connectivity index (χ4n) is 2.26. The number of allylic oxidation sites excluding steroid dienone is 1. The molecule has 144 valence electrons. The molecule has 27 heavy (non-hydrogen) atoms. The van der Waals surface area contributed by atoms with Gasteiger partial charge in [-0.15, -0.1) is 0 Å². The van der Waals surface area contributed by atoms with Crippen LogP contribution in [0.4, 0.5) is 0 Å². The Labute approximate surface area is 168 Å². The molecule has 0 bridgehead atoms. The number of hydrogen-bond donors (Lipinski definition) is 1. The highest BCUT2D eigenvalue weighted by molar-refractivity contribution is 6.45. The summed E-state index contributed by atoms with van der Waals surface area (Å²) in [4.78, 5) is 28.2. The molecule has 0 saturated heterocycles. The minimum Gasteiger partial charge on any atom is -0.482 e. The molecule has 0 saturated carbocycles.